The molecule has 1 N–H and O–H groups in total. The summed E-state index contributed by atoms with van der Waals surface area (Å²) in [7, 11) is 0. The number of carbonyl (C=O) groups is 2. The molecule has 2 aromatic rings. The first kappa shape index (κ1) is 33.9. The fourth-order valence-electron chi connectivity index (χ4n) is 5.73. The Morgan fingerprint density at radius 1 is 1.27 bits per heavy atom. The molecule has 1 aliphatic heterocycles. The average molecular weight is 643 g/mol. The van der Waals surface area contributed by atoms with Crippen LogP contribution in [0.15, 0.2) is 65.8 Å². The maximum atomic E-state index is 15.2. The predicted octanol–water partition coefficient (Wildman–Crippen LogP) is 8.01. The van der Waals surface area contributed by atoms with Gasteiger partial charge in [-0.25, -0.2) is 13.6 Å². The molecular formula is C32H37ClF2N6O4. The van der Waals surface area contributed by atoms with Gasteiger partial charge in [-0.3, -0.25) is 14.7 Å². The smallest absolute Gasteiger partial charge is 0.412 e. The quantitative estimate of drug-likeness (QED) is 0.168. The lowest BCUT2D eigenvalue weighted by atomic mass is 9.77. The number of pyridine rings is 1. The number of rotatable bonds is 9. The zero-order chi connectivity index (χ0) is 32.9. The third kappa shape index (κ3) is 8.39. The second kappa shape index (κ2) is 14.0. The molecule has 0 radical (unpaired) electrons. The lowest BCUT2D eigenvalue weighted by Crippen LogP contribution is -2.50. The van der Waals surface area contributed by atoms with E-state index in [1.165, 1.54) is 23.2 Å². The molecule has 1 saturated heterocycles. The maximum Gasteiger partial charge on any atom is 0.412 e. The average Bonchev–Trinajstić information content (AvgIpc) is 3.26. The first-order chi connectivity index (χ1) is 21.2. The Morgan fingerprint density at radius 2 is 1.98 bits per heavy atom. The Kier molecular flexibility index (Phi) is 10.5. The van der Waals surface area contributed by atoms with Crippen LogP contribution in [0.1, 0.15) is 64.5 Å². The molecule has 0 saturated carbocycles. The molecule has 13 heteroatoms. The monoisotopic (exact) mass is 642 g/mol. The number of halogens is 3. The second-order valence-electron chi connectivity index (χ2n) is 12.5. The van der Waals surface area contributed by atoms with E-state index in [-0.39, 0.29) is 30.7 Å². The van der Waals surface area contributed by atoms with Gasteiger partial charge in [0.2, 0.25) is 5.91 Å². The molecule has 1 aromatic heterocycles. The van der Waals surface area contributed by atoms with Crippen molar-refractivity contribution in [1.82, 2.24) is 9.88 Å². The van der Waals surface area contributed by atoms with Crippen LogP contribution in [0.5, 0.6) is 0 Å². The van der Waals surface area contributed by atoms with E-state index in [1.54, 1.807) is 65.0 Å². The molecule has 10 nitrogen and oxygen atoms in total. The van der Waals surface area contributed by atoms with Crippen molar-refractivity contribution >= 4 is 29.3 Å². The van der Waals surface area contributed by atoms with Crippen molar-refractivity contribution in [2.45, 2.75) is 83.2 Å². The predicted molar refractivity (Wildman–Crippen MR) is 167 cm³/mol. The van der Waals surface area contributed by atoms with E-state index < -0.39 is 58.9 Å². The second-order valence-corrected chi connectivity index (χ2v) is 13.0. The third-order valence-electron chi connectivity index (χ3n) is 7.71. The maximum absolute atomic E-state index is 15.2. The molecule has 0 spiro atoms. The molecule has 45 heavy (non-hydrogen) atoms. The van der Waals surface area contributed by atoms with Crippen molar-refractivity contribution in [3.8, 4) is 0 Å². The van der Waals surface area contributed by atoms with Gasteiger partial charge in [0.05, 0.1) is 30.7 Å². The minimum atomic E-state index is -1.33. The first-order valence-corrected chi connectivity index (χ1v) is 15.0. The number of amides is 2. The van der Waals surface area contributed by atoms with E-state index in [0.717, 1.165) is 6.20 Å². The molecule has 0 bridgehead atoms. The highest BCUT2D eigenvalue weighted by molar-refractivity contribution is 6.30. The van der Waals surface area contributed by atoms with Gasteiger partial charge in [-0.15, -0.1) is 0 Å². The van der Waals surface area contributed by atoms with Crippen LogP contribution in [-0.2, 0) is 20.7 Å². The van der Waals surface area contributed by atoms with Gasteiger partial charge in [-0.05, 0) is 95.2 Å². The Balaban J connectivity index is 1.60. The van der Waals surface area contributed by atoms with Crippen molar-refractivity contribution < 1.29 is 27.8 Å². The minimum absolute atomic E-state index is 0.0836. The van der Waals surface area contributed by atoms with Gasteiger partial charge < -0.3 is 14.8 Å². The summed E-state index contributed by atoms with van der Waals surface area (Å²) in [6.07, 6.45) is 6.97. The summed E-state index contributed by atoms with van der Waals surface area (Å²) in [6.45, 7) is 9.03. The number of anilines is 1. The van der Waals surface area contributed by atoms with E-state index in [4.69, 9.17) is 21.1 Å². The van der Waals surface area contributed by atoms with E-state index in [2.05, 4.69) is 20.3 Å². The van der Waals surface area contributed by atoms with Crippen LogP contribution in [-0.4, -0.2) is 51.9 Å². The van der Waals surface area contributed by atoms with Crippen molar-refractivity contribution in [1.29, 1.82) is 0 Å². The summed E-state index contributed by atoms with van der Waals surface area (Å²) in [4.78, 5) is 35.2. The standard InChI is InChI=1S/C32H37ClF2N6O4/c1-31(2,3)45-30(43)41-23(18-44-32(41,4)5)13-14-24-25(35)16-37-17-26(24)38-29(42)28(39-40-36)27(19-9-11-21(33)12-10-19)20-7-6-8-22(34)15-20/h6,8-12,15-17,20,23,27-28H,7,13-14,18H2,1-5H3,(H,38,42)/t20?,23-,27-,28-/m0/s1. The molecule has 4 rings (SSSR count). The molecule has 1 fully saturated rings. The summed E-state index contributed by atoms with van der Waals surface area (Å²) in [5, 5.41) is 6.99. The minimum Gasteiger partial charge on any atom is -0.444 e. The Labute approximate surface area is 266 Å². The number of ether oxygens (including phenoxy) is 2. The van der Waals surface area contributed by atoms with Crippen molar-refractivity contribution in [2.24, 2.45) is 11.0 Å². The highest BCUT2D eigenvalue weighted by atomic mass is 35.5. The van der Waals surface area contributed by atoms with Crippen LogP contribution in [0.4, 0.5) is 19.3 Å². The number of carbonyl (C=O) groups excluding carboxylic acids is 2. The van der Waals surface area contributed by atoms with Crippen molar-refractivity contribution in [2.75, 3.05) is 11.9 Å². The van der Waals surface area contributed by atoms with Crippen LogP contribution in [0, 0.1) is 11.7 Å². The molecule has 4 atom stereocenters. The Hall–Kier alpha value is -3.99. The fourth-order valence-corrected chi connectivity index (χ4v) is 5.85. The number of nitrogens with one attached hydrogen (secondary N) is 1. The van der Waals surface area contributed by atoms with Gasteiger partial charge in [0.15, 0.2) is 0 Å². The number of allylic oxidation sites excluding steroid dienone is 4. The number of hydrogen-bond donors (Lipinski definition) is 1. The number of aromatic nitrogens is 1. The molecular weight excluding hydrogens is 606 g/mol. The summed E-state index contributed by atoms with van der Waals surface area (Å²) in [5.41, 5.74) is 8.64. The molecule has 1 aliphatic carbocycles. The summed E-state index contributed by atoms with van der Waals surface area (Å²) >= 11 is 6.09. The molecule has 1 aromatic carbocycles. The van der Waals surface area contributed by atoms with E-state index in [9.17, 15) is 19.5 Å². The van der Waals surface area contributed by atoms with Crippen molar-refractivity contribution in [3.05, 3.63) is 93.1 Å². The van der Waals surface area contributed by atoms with Crippen molar-refractivity contribution in [3.63, 3.8) is 0 Å². The van der Waals surface area contributed by atoms with Crippen LogP contribution >= 0.6 is 11.6 Å². The highest BCUT2D eigenvalue weighted by Crippen LogP contribution is 2.38. The summed E-state index contributed by atoms with van der Waals surface area (Å²) < 4.78 is 41.1. The number of azide groups is 1. The van der Waals surface area contributed by atoms with E-state index >= 15 is 4.39 Å². The fraction of sp³-hybridized carbons (Fsp3) is 0.469. The number of benzene rings is 1. The summed E-state index contributed by atoms with van der Waals surface area (Å²) in [6, 6.07) is 4.90. The Bertz CT molecular complexity index is 1520. The van der Waals surface area contributed by atoms with Gasteiger partial charge in [0.1, 0.15) is 29.0 Å². The topological polar surface area (TPSA) is 130 Å². The normalized spacial score (nSPS) is 20.5. The lowest BCUT2D eigenvalue weighted by Gasteiger charge is -2.35. The highest BCUT2D eigenvalue weighted by Gasteiger charge is 2.45. The van der Waals surface area contributed by atoms with Gasteiger partial charge in [-0.2, -0.15) is 0 Å². The molecule has 1 unspecified atom stereocenters. The molecule has 2 aliphatic rings. The van der Waals surface area contributed by atoms with Gasteiger partial charge >= 0.3 is 6.09 Å². The van der Waals surface area contributed by atoms with E-state index in [0.29, 0.717) is 17.0 Å². The number of nitrogens with zero attached hydrogens (tertiary/aromatic N) is 5. The zero-order valence-corrected chi connectivity index (χ0v) is 26.6. The van der Waals surface area contributed by atoms with Gasteiger partial charge in [-0.1, -0.05) is 34.9 Å². The molecule has 240 valence electrons. The van der Waals surface area contributed by atoms with Crippen LogP contribution in [0.2, 0.25) is 5.02 Å². The van der Waals surface area contributed by atoms with Crippen LogP contribution < -0.4 is 5.32 Å². The summed E-state index contributed by atoms with van der Waals surface area (Å²) in [5.74, 6) is -3.13. The molecule has 2 amide bonds. The zero-order valence-electron chi connectivity index (χ0n) is 25.8. The third-order valence-corrected chi connectivity index (χ3v) is 7.97. The van der Waals surface area contributed by atoms with Gasteiger partial charge in [0.25, 0.3) is 0 Å². The molecule has 2 heterocycles. The first-order valence-electron chi connectivity index (χ1n) is 14.6. The largest absolute Gasteiger partial charge is 0.444 e. The number of hydrogen-bond acceptors (Lipinski definition) is 6. The Morgan fingerprint density at radius 3 is 2.62 bits per heavy atom. The van der Waals surface area contributed by atoms with Crippen LogP contribution in [0.25, 0.3) is 10.4 Å². The van der Waals surface area contributed by atoms with E-state index in [1.807, 2.05) is 0 Å². The SMILES string of the molecule is CC(C)(C)OC(=O)N1[C@@H](CCc2c(F)cncc2NC(=O)[C@@H](N=[N+]=[N-])[C@@H](c2ccc(Cl)cc2)C2C=C(F)C=CC2)COC1(C)C. The van der Waals surface area contributed by atoms with Gasteiger partial charge in [0, 0.05) is 21.4 Å². The van der Waals surface area contributed by atoms with Crippen LogP contribution in [0.3, 0.4) is 0 Å². The lowest BCUT2D eigenvalue weighted by molar-refractivity contribution is -0.118.